The van der Waals surface area contributed by atoms with E-state index in [0.29, 0.717) is 22.4 Å². The third kappa shape index (κ3) is 3.27. The molecule has 2 aromatic heterocycles. The number of carboxylic acids is 1. The highest BCUT2D eigenvalue weighted by molar-refractivity contribution is 7.99. The molecule has 2 aromatic rings. The Kier molecular flexibility index (Phi) is 4.11. The molecular formula is C12H12ClN3O2S. The smallest absolute Gasteiger partial charge is 0.313 e. The summed E-state index contributed by atoms with van der Waals surface area (Å²) < 4.78 is 1.78. The number of imidazole rings is 1. The molecule has 0 saturated heterocycles. The lowest BCUT2D eigenvalue weighted by Crippen LogP contribution is -2.04. The number of nitrogens with zero attached hydrogens (tertiary/aromatic N) is 3. The van der Waals surface area contributed by atoms with Crippen LogP contribution in [0.3, 0.4) is 0 Å². The number of thioether (sulfide) groups is 1. The number of hydrogen-bond acceptors (Lipinski definition) is 4. The van der Waals surface area contributed by atoms with Gasteiger partial charge in [-0.15, -0.1) is 0 Å². The molecular weight excluding hydrogens is 286 g/mol. The van der Waals surface area contributed by atoms with Gasteiger partial charge < -0.3 is 5.11 Å². The summed E-state index contributed by atoms with van der Waals surface area (Å²) in [4.78, 5) is 19.4. The van der Waals surface area contributed by atoms with E-state index < -0.39 is 5.97 Å². The van der Waals surface area contributed by atoms with Crippen LogP contribution in [0.5, 0.6) is 0 Å². The fraction of sp³-hybridized carbons (Fsp3) is 0.250. The molecule has 0 bridgehead atoms. The molecule has 0 spiro atoms. The summed E-state index contributed by atoms with van der Waals surface area (Å²) in [5, 5.41) is 9.77. The molecule has 2 rings (SSSR count). The number of aryl methyl sites for hydroxylation is 1. The van der Waals surface area contributed by atoms with Gasteiger partial charge >= 0.3 is 5.97 Å². The number of allylic oxidation sites excluding steroid dienone is 1. The lowest BCUT2D eigenvalue weighted by molar-refractivity contribution is -0.133. The number of rotatable bonds is 5. The Labute approximate surface area is 119 Å². The number of carbonyl (C=O) groups is 1. The van der Waals surface area contributed by atoms with E-state index in [1.807, 2.05) is 13.0 Å². The highest BCUT2D eigenvalue weighted by Gasteiger charge is 2.14. The molecule has 0 atom stereocenters. The monoisotopic (exact) mass is 297 g/mol. The van der Waals surface area contributed by atoms with Gasteiger partial charge in [0.05, 0.1) is 12.3 Å². The highest BCUT2D eigenvalue weighted by atomic mass is 35.5. The van der Waals surface area contributed by atoms with Crippen molar-refractivity contribution in [2.24, 2.45) is 0 Å². The van der Waals surface area contributed by atoms with E-state index in [1.54, 1.807) is 10.8 Å². The van der Waals surface area contributed by atoms with Crippen molar-refractivity contribution in [3.63, 3.8) is 0 Å². The second kappa shape index (κ2) is 5.63. The minimum absolute atomic E-state index is 0.0585. The van der Waals surface area contributed by atoms with Gasteiger partial charge in [-0.05, 0) is 18.6 Å². The zero-order valence-corrected chi connectivity index (χ0v) is 11.8. The summed E-state index contributed by atoms with van der Waals surface area (Å²) in [6, 6.07) is 1.90. The first kappa shape index (κ1) is 13.9. The average Bonchev–Trinajstić information content (AvgIpc) is 2.63. The van der Waals surface area contributed by atoms with Crippen molar-refractivity contribution < 1.29 is 9.90 Å². The van der Waals surface area contributed by atoms with E-state index in [4.69, 9.17) is 16.7 Å². The zero-order valence-electron chi connectivity index (χ0n) is 10.3. The molecule has 0 unspecified atom stereocenters. The quantitative estimate of drug-likeness (QED) is 0.859. The Balaban J connectivity index is 2.47. The van der Waals surface area contributed by atoms with E-state index in [9.17, 15) is 4.79 Å². The fourth-order valence-corrected chi connectivity index (χ4v) is 2.48. The Bertz CT molecular complexity index is 654. The van der Waals surface area contributed by atoms with E-state index in [-0.39, 0.29) is 5.75 Å². The predicted octanol–water partition coefficient (Wildman–Crippen LogP) is 2.67. The van der Waals surface area contributed by atoms with Crippen LogP contribution in [0.2, 0.25) is 0 Å². The molecule has 0 saturated carbocycles. The largest absolute Gasteiger partial charge is 0.481 e. The van der Waals surface area contributed by atoms with Crippen molar-refractivity contribution >= 4 is 40.5 Å². The van der Waals surface area contributed by atoms with Crippen molar-refractivity contribution in [3.05, 3.63) is 29.4 Å². The third-order valence-electron chi connectivity index (χ3n) is 2.34. The van der Waals surface area contributed by atoms with Crippen LogP contribution in [0, 0.1) is 6.92 Å². The number of halogens is 1. The second-order valence-electron chi connectivity index (χ2n) is 4.04. The number of fused-ring (bicyclic) bond motifs is 1. The van der Waals surface area contributed by atoms with Crippen LogP contribution >= 0.6 is 23.4 Å². The molecule has 100 valence electrons. The highest BCUT2D eigenvalue weighted by Crippen LogP contribution is 2.24. The number of carboxylic acid groups (broad SMARTS) is 1. The molecule has 7 heteroatoms. The summed E-state index contributed by atoms with van der Waals surface area (Å²) in [5.41, 5.74) is 2.41. The molecule has 0 aliphatic heterocycles. The Morgan fingerprint density at radius 3 is 3.00 bits per heavy atom. The maximum absolute atomic E-state index is 10.7. The number of hydrogen-bond donors (Lipinski definition) is 1. The number of aromatic nitrogens is 3. The molecule has 5 nitrogen and oxygen atoms in total. The lowest BCUT2D eigenvalue weighted by atomic mass is 10.3. The molecule has 0 aromatic carbocycles. The van der Waals surface area contributed by atoms with E-state index in [2.05, 4.69) is 16.5 Å². The number of aliphatic carboxylic acids is 1. The SMILES string of the molecule is C=C(Cl)Cn1c(SCC(=O)O)nc2cc(C)cnc21. The third-order valence-corrected chi connectivity index (χ3v) is 3.42. The molecule has 0 radical (unpaired) electrons. The van der Waals surface area contributed by atoms with Gasteiger partial charge in [0.2, 0.25) is 0 Å². The molecule has 0 aliphatic carbocycles. The van der Waals surface area contributed by atoms with E-state index >= 15 is 0 Å². The Morgan fingerprint density at radius 2 is 2.37 bits per heavy atom. The maximum Gasteiger partial charge on any atom is 0.313 e. The summed E-state index contributed by atoms with van der Waals surface area (Å²) in [7, 11) is 0. The van der Waals surface area contributed by atoms with Crippen LogP contribution in [-0.4, -0.2) is 31.4 Å². The minimum atomic E-state index is -0.891. The van der Waals surface area contributed by atoms with Crippen molar-refractivity contribution in [2.45, 2.75) is 18.6 Å². The van der Waals surface area contributed by atoms with E-state index in [0.717, 1.165) is 22.8 Å². The van der Waals surface area contributed by atoms with Crippen LogP contribution < -0.4 is 0 Å². The molecule has 1 N–H and O–H groups in total. The fourth-order valence-electron chi connectivity index (χ4n) is 1.64. The lowest BCUT2D eigenvalue weighted by Gasteiger charge is -2.05. The van der Waals surface area contributed by atoms with Gasteiger partial charge in [-0.2, -0.15) is 0 Å². The van der Waals surface area contributed by atoms with Gasteiger partial charge in [0.25, 0.3) is 0 Å². The molecule has 0 amide bonds. The van der Waals surface area contributed by atoms with Crippen LogP contribution in [0.4, 0.5) is 0 Å². The predicted molar refractivity (Wildman–Crippen MR) is 75.6 cm³/mol. The molecule has 19 heavy (non-hydrogen) atoms. The molecule has 0 aliphatic rings. The van der Waals surface area contributed by atoms with Gasteiger partial charge in [0, 0.05) is 11.2 Å². The number of pyridine rings is 1. The van der Waals surface area contributed by atoms with Crippen molar-refractivity contribution in [1.29, 1.82) is 0 Å². The van der Waals surface area contributed by atoms with Gasteiger partial charge in [0.15, 0.2) is 10.8 Å². The standard InChI is InChI=1S/C12H12ClN3O2S/c1-7-3-9-11(14-4-7)16(5-8(2)13)12(15-9)19-6-10(17)18/h3-4H,2,5-6H2,1H3,(H,17,18). The van der Waals surface area contributed by atoms with Crippen LogP contribution in [0.25, 0.3) is 11.2 Å². The second-order valence-corrected chi connectivity index (χ2v) is 5.51. The Hall–Kier alpha value is -1.53. The topological polar surface area (TPSA) is 68.0 Å². The van der Waals surface area contributed by atoms with Crippen molar-refractivity contribution in [1.82, 2.24) is 14.5 Å². The van der Waals surface area contributed by atoms with Crippen molar-refractivity contribution in [2.75, 3.05) is 5.75 Å². The minimum Gasteiger partial charge on any atom is -0.481 e. The first-order valence-corrected chi connectivity index (χ1v) is 6.84. The van der Waals surface area contributed by atoms with Gasteiger partial charge in [-0.25, -0.2) is 9.97 Å². The van der Waals surface area contributed by atoms with Gasteiger partial charge in [-0.1, -0.05) is 29.9 Å². The summed E-state index contributed by atoms with van der Waals surface area (Å²) >= 11 is 6.98. The summed E-state index contributed by atoms with van der Waals surface area (Å²) in [5.74, 6) is -0.950. The summed E-state index contributed by atoms with van der Waals surface area (Å²) in [6.07, 6.45) is 1.74. The molecule has 2 heterocycles. The van der Waals surface area contributed by atoms with Crippen LogP contribution in [-0.2, 0) is 11.3 Å². The Morgan fingerprint density at radius 1 is 1.63 bits per heavy atom. The summed E-state index contributed by atoms with van der Waals surface area (Å²) in [6.45, 7) is 5.94. The zero-order chi connectivity index (χ0) is 14.0. The van der Waals surface area contributed by atoms with Crippen molar-refractivity contribution in [3.8, 4) is 0 Å². The van der Waals surface area contributed by atoms with E-state index in [1.165, 1.54) is 0 Å². The van der Waals surface area contributed by atoms with Gasteiger partial charge in [-0.3, -0.25) is 9.36 Å². The first-order valence-electron chi connectivity index (χ1n) is 5.48. The van der Waals surface area contributed by atoms with Gasteiger partial charge in [0.1, 0.15) is 5.52 Å². The maximum atomic E-state index is 10.7. The van der Waals surface area contributed by atoms with Crippen LogP contribution in [0.15, 0.2) is 29.0 Å². The normalized spacial score (nSPS) is 10.8. The molecule has 0 fully saturated rings. The van der Waals surface area contributed by atoms with Crippen LogP contribution in [0.1, 0.15) is 5.56 Å². The average molecular weight is 298 g/mol. The first-order chi connectivity index (χ1) is 8.97.